The van der Waals surface area contributed by atoms with E-state index in [1.54, 1.807) is 12.3 Å². The molecule has 0 aromatic carbocycles. The number of hydrogen-bond acceptors (Lipinski definition) is 4. The number of nitrogen functional groups attached to an aromatic ring is 1. The highest BCUT2D eigenvalue weighted by Gasteiger charge is 2.28. The monoisotopic (exact) mass is 221 g/mol. The largest absolute Gasteiger partial charge is 0.388 e. The van der Waals surface area contributed by atoms with E-state index in [4.69, 9.17) is 5.73 Å². The van der Waals surface area contributed by atoms with Crippen LogP contribution in [0.25, 0.3) is 0 Å². The van der Waals surface area contributed by atoms with Crippen molar-refractivity contribution < 1.29 is 5.11 Å². The molecule has 0 unspecified atom stereocenters. The minimum absolute atomic E-state index is 0.516. The summed E-state index contributed by atoms with van der Waals surface area (Å²) in [6.45, 7) is 0.596. The molecule has 2 rings (SSSR count). The average molecular weight is 221 g/mol. The van der Waals surface area contributed by atoms with E-state index in [1.165, 1.54) is 6.42 Å². The minimum Gasteiger partial charge on any atom is -0.388 e. The fourth-order valence-corrected chi connectivity index (χ4v) is 2.16. The predicted molar refractivity (Wildman–Crippen MR) is 65.2 cm³/mol. The number of aromatic nitrogens is 1. The van der Waals surface area contributed by atoms with E-state index < -0.39 is 5.60 Å². The lowest BCUT2D eigenvalue weighted by molar-refractivity contribution is 0.0167. The molecule has 1 aliphatic carbocycles. The summed E-state index contributed by atoms with van der Waals surface area (Å²) in [6.07, 6.45) is 6.97. The van der Waals surface area contributed by atoms with E-state index in [0.29, 0.717) is 12.4 Å². The van der Waals surface area contributed by atoms with Crippen LogP contribution in [-0.2, 0) is 0 Å². The van der Waals surface area contributed by atoms with E-state index >= 15 is 0 Å². The van der Waals surface area contributed by atoms with Gasteiger partial charge in [0, 0.05) is 6.54 Å². The zero-order valence-corrected chi connectivity index (χ0v) is 9.45. The molecule has 0 radical (unpaired) electrons. The van der Waals surface area contributed by atoms with Gasteiger partial charge in [-0.1, -0.05) is 19.3 Å². The molecule has 1 aromatic heterocycles. The summed E-state index contributed by atoms with van der Waals surface area (Å²) >= 11 is 0. The summed E-state index contributed by atoms with van der Waals surface area (Å²) in [5.41, 5.74) is 5.87. The molecule has 0 bridgehead atoms. The number of hydrogen-bond donors (Lipinski definition) is 3. The van der Waals surface area contributed by atoms with Crippen LogP contribution in [0.1, 0.15) is 32.1 Å². The maximum absolute atomic E-state index is 10.3. The van der Waals surface area contributed by atoms with Crippen LogP contribution in [0.15, 0.2) is 18.3 Å². The molecular formula is C12H19N3O. The molecule has 1 saturated carbocycles. The van der Waals surface area contributed by atoms with Gasteiger partial charge in [-0.25, -0.2) is 4.98 Å². The summed E-state index contributed by atoms with van der Waals surface area (Å²) in [7, 11) is 0. The lowest BCUT2D eigenvalue weighted by Crippen LogP contribution is -2.38. The second-order valence-corrected chi connectivity index (χ2v) is 4.61. The number of rotatable bonds is 3. The lowest BCUT2D eigenvalue weighted by atomic mass is 9.85. The Kier molecular flexibility index (Phi) is 3.29. The van der Waals surface area contributed by atoms with Gasteiger partial charge in [0.25, 0.3) is 0 Å². The molecule has 0 amide bonds. The van der Waals surface area contributed by atoms with Crippen LogP contribution >= 0.6 is 0 Å². The number of aliphatic hydroxyl groups is 1. The van der Waals surface area contributed by atoms with Crippen LogP contribution in [0.5, 0.6) is 0 Å². The summed E-state index contributed by atoms with van der Waals surface area (Å²) in [6, 6.07) is 3.64. The number of nitrogens with zero attached hydrogens (tertiary/aromatic N) is 1. The topological polar surface area (TPSA) is 71.2 Å². The van der Waals surface area contributed by atoms with Gasteiger partial charge in [-0.3, -0.25) is 0 Å². The average Bonchev–Trinajstić information content (AvgIpc) is 2.29. The molecule has 0 spiro atoms. The van der Waals surface area contributed by atoms with Gasteiger partial charge >= 0.3 is 0 Å². The minimum atomic E-state index is -0.542. The lowest BCUT2D eigenvalue weighted by Gasteiger charge is -2.32. The molecule has 16 heavy (non-hydrogen) atoms. The Morgan fingerprint density at radius 1 is 1.31 bits per heavy atom. The SMILES string of the molecule is Nc1ccc(NCC2(O)CCCCC2)cn1. The van der Waals surface area contributed by atoms with Gasteiger partial charge in [-0.15, -0.1) is 0 Å². The number of nitrogens with one attached hydrogen (secondary N) is 1. The highest BCUT2D eigenvalue weighted by atomic mass is 16.3. The third kappa shape index (κ3) is 2.85. The Bertz CT molecular complexity index is 331. The molecule has 4 heteroatoms. The van der Waals surface area contributed by atoms with Gasteiger partial charge in [0.15, 0.2) is 0 Å². The molecular weight excluding hydrogens is 202 g/mol. The molecule has 0 aliphatic heterocycles. The number of nitrogens with two attached hydrogens (primary N) is 1. The first kappa shape index (κ1) is 11.2. The van der Waals surface area contributed by atoms with Crippen molar-refractivity contribution in [2.75, 3.05) is 17.6 Å². The van der Waals surface area contributed by atoms with Crippen molar-refractivity contribution in [1.82, 2.24) is 4.98 Å². The van der Waals surface area contributed by atoms with Crippen LogP contribution in [0.2, 0.25) is 0 Å². The van der Waals surface area contributed by atoms with Gasteiger partial charge in [-0.2, -0.15) is 0 Å². The fourth-order valence-electron chi connectivity index (χ4n) is 2.16. The van der Waals surface area contributed by atoms with Crippen molar-refractivity contribution in [2.45, 2.75) is 37.7 Å². The number of pyridine rings is 1. The van der Waals surface area contributed by atoms with E-state index in [0.717, 1.165) is 31.4 Å². The summed E-state index contributed by atoms with van der Waals surface area (Å²) in [4.78, 5) is 4.00. The van der Waals surface area contributed by atoms with Gasteiger partial charge < -0.3 is 16.2 Å². The molecule has 4 nitrogen and oxygen atoms in total. The molecule has 88 valence electrons. The Balaban J connectivity index is 1.88. The van der Waals surface area contributed by atoms with E-state index in [1.807, 2.05) is 6.07 Å². The van der Waals surface area contributed by atoms with Crippen molar-refractivity contribution in [2.24, 2.45) is 0 Å². The van der Waals surface area contributed by atoms with Crippen molar-refractivity contribution in [3.05, 3.63) is 18.3 Å². The first-order valence-corrected chi connectivity index (χ1v) is 5.86. The molecule has 1 fully saturated rings. The summed E-state index contributed by atoms with van der Waals surface area (Å²) in [5, 5.41) is 13.5. The molecule has 0 saturated heterocycles. The quantitative estimate of drug-likeness (QED) is 0.727. The van der Waals surface area contributed by atoms with Crippen molar-refractivity contribution in [1.29, 1.82) is 0 Å². The summed E-state index contributed by atoms with van der Waals surface area (Å²) < 4.78 is 0. The molecule has 1 aliphatic rings. The Hall–Kier alpha value is -1.29. The second-order valence-electron chi connectivity index (χ2n) is 4.61. The summed E-state index contributed by atoms with van der Waals surface area (Å²) in [5.74, 6) is 0.516. The normalized spacial score (nSPS) is 19.3. The van der Waals surface area contributed by atoms with Gasteiger partial charge in [0.1, 0.15) is 5.82 Å². The van der Waals surface area contributed by atoms with Crippen molar-refractivity contribution in [3.8, 4) is 0 Å². The smallest absolute Gasteiger partial charge is 0.123 e. The van der Waals surface area contributed by atoms with Crippen LogP contribution in [0, 0.1) is 0 Å². The van der Waals surface area contributed by atoms with E-state index in [-0.39, 0.29) is 0 Å². The van der Waals surface area contributed by atoms with E-state index in [2.05, 4.69) is 10.3 Å². The first-order valence-electron chi connectivity index (χ1n) is 5.86. The standard InChI is InChI=1S/C12H19N3O/c13-11-5-4-10(8-14-11)15-9-12(16)6-2-1-3-7-12/h4-5,8,15-16H,1-3,6-7,9H2,(H2,13,14). The Morgan fingerprint density at radius 3 is 2.69 bits per heavy atom. The molecule has 1 heterocycles. The Labute approximate surface area is 95.9 Å². The van der Waals surface area contributed by atoms with Crippen LogP contribution in [0.4, 0.5) is 11.5 Å². The molecule has 1 aromatic rings. The maximum Gasteiger partial charge on any atom is 0.123 e. The van der Waals surface area contributed by atoms with E-state index in [9.17, 15) is 5.11 Å². The van der Waals surface area contributed by atoms with Crippen LogP contribution in [-0.4, -0.2) is 22.2 Å². The fraction of sp³-hybridized carbons (Fsp3) is 0.583. The zero-order valence-electron chi connectivity index (χ0n) is 9.45. The number of anilines is 2. The zero-order chi connectivity index (χ0) is 11.4. The third-order valence-corrected chi connectivity index (χ3v) is 3.19. The predicted octanol–water partition coefficient (Wildman–Crippen LogP) is 1.77. The third-order valence-electron chi connectivity index (χ3n) is 3.19. The molecule has 0 atom stereocenters. The van der Waals surface area contributed by atoms with Crippen molar-refractivity contribution >= 4 is 11.5 Å². The highest BCUT2D eigenvalue weighted by Crippen LogP contribution is 2.28. The highest BCUT2D eigenvalue weighted by molar-refractivity contribution is 5.45. The van der Waals surface area contributed by atoms with Crippen LogP contribution in [0.3, 0.4) is 0 Å². The van der Waals surface area contributed by atoms with Gasteiger partial charge in [0.2, 0.25) is 0 Å². The van der Waals surface area contributed by atoms with Crippen LogP contribution < -0.4 is 11.1 Å². The Morgan fingerprint density at radius 2 is 2.06 bits per heavy atom. The maximum atomic E-state index is 10.3. The first-order chi connectivity index (χ1) is 7.68. The van der Waals surface area contributed by atoms with Gasteiger partial charge in [0.05, 0.1) is 17.5 Å². The second kappa shape index (κ2) is 4.70. The van der Waals surface area contributed by atoms with Gasteiger partial charge in [-0.05, 0) is 25.0 Å². The molecule has 4 N–H and O–H groups in total. The van der Waals surface area contributed by atoms with Crippen molar-refractivity contribution in [3.63, 3.8) is 0 Å².